The highest BCUT2D eigenvalue weighted by atomic mass is 16.5. The Balaban J connectivity index is 2.22. The molecule has 0 aliphatic carbocycles. The fraction of sp³-hybridized carbons (Fsp3) is 1.00. The quantitative estimate of drug-likeness (QED) is 0.637. The van der Waals surface area contributed by atoms with E-state index in [0.29, 0.717) is 5.41 Å². The predicted octanol–water partition coefficient (Wildman–Crippen LogP) is 1.02. The van der Waals surface area contributed by atoms with E-state index in [2.05, 4.69) is 12.2 Å². The third-order valence-electron chi connectivity index (χ3n) is 2.11. The van der Waals surface area contributed by atoms with Crippen molar-refractivity contribution in [3.63, 3.8) is 0 Å². The molecule has 0 aromatic heterocycles. The van der Waals surface area contributed by atoms with Gasteiger partial charge in [-0.3, -0.25) is 0 Å². The minimum Gasteiger partial charge on any atom is -0.381 e. The Morgan fingerprint density at radius 3 is 2.90 bits per heavy atom. The number of rotatable bonds is 3. The van der Waals surface area contributed by atoms with E-state index in [1.54, 1.807) is 0 Å². The molecule has 1 unspecified atom stereocenters. The van der Waals surface area contributed by atoms with Crippen LogP contribution in [-0.4, -0.2) is 26.3 Å². The van der Waals surface area contributed by atoms with E-state index in [4.69, 9.17) is 4.74 Å². The first-order valence-corrected chi connectivity index (χ1v) is 4.05. The normalized spacial score (nSPS) is 33.0. The largest absolute Gasteiger partial charge is 0.381 e. The van der Waals surface area contributed by atoms with Gasteiger partial charge >= 0.3 is 0 Å². The SMILES string of the molecule is CCOCC1(C)CCNC1. The van der Waals surface area contributed by atoms with Crippen LogP contribution in [0.5, 0.6) is 0 Å². The topological polar surface area (TPSA) is 21.3 Å². The second kappa shape index (κ2) is 3.35. The van der Waals surface area contributed by atoms with Crippen molar-refractivity contribution in [2.45, 2.75) is 20.3 Å². The molecule has 1 aliphatic heterocycles. The first-order valence-electron chi connectivity index (χ1n) is 4.05. The van der Waals surface area contributed by atoms with Crippen molar-refractivity contribution in [3.05, 3.63) is 0 Å². The predicted molar refractivity (Wildman–Crippen MR) is 42.1 cm³/mol. The standard InChI is InChI=1S/C8H17NO/c1-3-10-7-8(2)4-5-9-6-8/h9H,3-7H2,1-2H3. The lowest BCUT2D eigenvalue weighted by Gasteiger charge is -2.21. The fourth-order valence-corrected chi connectivity index (χ4v) is 1.34. The minimum absolute atomic E-state index is 0.413. The maximum atomic E-state index is 5.38. The van der Waals surface area contributed by atoms with Crippen molar-refractivity contribution >= 4 is 0 Å². The lowest BCUT2D eigenvalue weighted by molar-refractivity contribution is 0.0716. The molecule has 0 aromatic rings. The third-order valence-corrected chi connectivity index (χ3v) is 2.11. The van der Waals surface area contributed by atoms with Crippen LogP contribution in [0.3, 0.4) is 0 Å². The highest BCUT2D eigenvalue weighted by molar-refractivity contribution is 4.83. The molecule has 1 rings (SSSR count). The van der Waals surface area contributed by atoms with E-state index in [1.165, 1.54) is 6.42 Å². The highest BCUT2D eigenvalue weighted by Gasteiger charge is 2.28. The zero-order valence-electron chi connectivity index (χ0n) is 6.94. The zero-order chi connectivity index (χ0) is 7.45. The summed E-state index contributed by atoms with van der Waals surface area (Å²) in [6.07, 6.45) is 1.26. The molecular weight excluding hydrogens is 126 g/mol. The lowest BCUT2D eigenvalue weighted by Crippen LogP contribution is -2.25. The molecule has 2 heteroatoms. The summed E-state index contributed by atoms with van der Waals surface area (Å²) in [5, 5.41) is 3.34. The van der Waals surface area contributed by atoms with Gasteiger partial charge in [0.05, 0.1) is 6.61 Å². The Bertz CT molecular complexity index is 97.4. The van der Waals surface area contributed by atoms with Gasteiger partial charge in [0, 0.05) is 18.6 Å². The van der Waals surface area contributed by atoms with Gasteiger partial charge in [-0.25, -0.2) is 0 Å². The number of hydrogen-bond acceptors (Lipinski definition) is 2. The van der Waals surface area contributed by atoms with Crippen LogP contribution in [0.4, 0.5) is 0 Å². The molecule has 10 heavy (non-hydrogen) atoms. The molecule has 1 fully saturated rings. The van der Waals surface area contributed by atoms with Crippen molar-refractivity contribution in [3.8, 4) is 0 Å². The smallest absolute Gasteiger partial charge is 0.0532 e. The maximum Gasteiger partial charge on any atom is 0.0532 e. The van der Waals surface area contributed by atoms with Crippen LogP contribution in [-0.2, 0) is 4.74 Å². The number of ether oxygens (including phenoxy) is 1. The first-order chi connectivity index (χ1) is 4.77. The van der Waals surface area contributed by atoms with Gasteiger partial charge in [0.25, 0.3) is 0 Å². The molecule has 0 bridgehead atoms. The van der Waals surface area contributed by atoms with Gasteiger partial charge in [0.2, 0.25) is 0 Å². The Kier molecular flexibility index (Phi) is 2.69. The summed E-state index contributed by atoms with van der Waals surface area (Å²) >= 11 is 0. The molecule has 1 heterocycles. The Morgan fingerprint density at radius 1 is 1.60 bits per heavy atom. The molecule has 0 aromatic carbocycles. The van der Waals surface area contributed by atoms with Crippen LogP contribution in [0, 0.1) is 5.41 Å². The lowest BCUT2D eigenvalue weighted by atomic mass is 9.91. The van der Waals surface area contributed by atoms with Gasteiger partial charge in [-0.2, -0.15) is 0 Å². The molecule has 60 valence electrons. The van der Waals surface area contributed by atoms with Crippen LogP contribution in [0.15, 0.2) is 0 Å². The van der Waals surface area contributed by atoms with Crippen molar-refractivity contribution in [2.75, 3.05) is 26.3 Å². The van der Waals surface area contributed by atoms with Crippen molar-refractivity contribution in [1.82, 2.24) is 5.32 Å². The van der Waals surface area contributed by atoms with E-state index in [0.717, 1.165) is 26.3 Å². The van der Waals surface area contributed by atoms with E-state index in [1.807, 2.05) is 6.92 Å². The van der Waals surface area contributed by atoms with Gasteiger partial charge < -0.3 is 10.1 Å². The maximum absolute atomic E-state index is 5.38. The van der Waals surface area contributed by atoms with Crippen molar-refractivity contribution in [2.24, 2.45) is 5.41 Å². The van der Waals surface area contributed by atoms with Gasteiger partial charge in [0.15, 0.2) is 0 Å². The molecular formula is C8H17NO. The Morgan fingerprint density at radius 2 is 2.40 bits per heavy atom. The van der Waals surface area contributed by atoms with E-state index in [9.17, 15) is 0 Å². The monoisotopic (exact) mass is 143 g/mol. The van der Waals surface area contributed by atoms with Crippen LogP contribution >= 0.6 is 0 Å². The number of hydrogen-bond donors (Lipinski definition) is 1. The summed E-state index contributed by atoms with van der Waals surface area (Å²) in [5.74, 6) is 0. The fourth-order valence-electron chi connectivity index (χ4n) is 1.34. The molecule has 2 nitrogen and oxygen atoms in total. The number of nitrogens with one attached hydrogen (secondary N) is 1. The molecule has 0 amide bonds. The van der Waals surface area contributed by atoms with Crippen molar-refractivity contribution < 1.29 is 4.74 Å². The van der Waals surface area contributed by atoms with Crippen LogP contribution < -0.4 is 5.32 Å². The minimum atomic E-state index is 0.413. The molecule has 1 saturated heterocycles. The van der Waals surface area contributed by atoms with E-state index < -0.39 is 0 Å². The third kappa shape index (κ3) is 1.96. The summed E-state index contributed by atoms with van der Waals surface area (Å²) in [4.78, 5) is 0. The van der Waals surface area contributed by atoms with E-state index >= 15 is 0 Å². The Labute approximate surface area is 63.0 Å². The van der Waals surface area contributed by atoms with Crippen LogP contribution in [0.25, 0.3) is 0 Å². The second-order valence-corrected chi connectivity index (χ2v) is 3.37. The van der Waals surface area contributed by atoms with Gasteiger partial charge in [-0.15, -0.1) is 0 Å². The molecule has 1 aliphatic rings. The molecule has 0 saturated carbocycles. The average Bonchev–Trinajstić information content (AvgIpc) is 2.33. The second-order valence-electron chi connectivity index (χ2n) is 3.37. The summed E-state index contributed by atoms with van der Waals surface area (Å²) in [6, 6.07) is 0. The van der Waals surface area contributed by atoms with E-state index in [-0.39, 0.29) is 0 Å². The average molecular weight is 143 g/mol. The van der Waals surface area contributed by atoms with Gasteiger partial charge in [-0.05, 0) is 19.9 Å². The van der Waals surface area contributed by atoms with Crippen LogP contribution in [0.1, 0.15) is 20.3 Å². The van der Waals surface area contributed by atoms with Crippen LogP contribution in [0.2, 0.25) is 0 Å². The summed E-state index contributed by atoms with van der Waals surface area (Å²) in [6.45, 7) is 8.36. The first kappa shape index (κ1) is 8.02. The zero-order valence-corrected chi connectivity index (χ0v) is 6.94. The molecule has 0 radical (unpaired) electrons. The summed E-state index contributed by atoms with van der Waals surface area (Å²) in [5.41, 5.74) is 0.413. The van der Waals surface area contributed by atoms with Gasteiger partial charge in [0.1, 0.15) is 0 Å². The Hall–Kier alpha value is -0.0800. The highest BCUT2D eigenvalue weighted by Crippen LogP contribution is 2.24. The summed E-state index contributed by atoms with van der Waals surface area (Å²) < 4.78 is 5.38. The summed E-state index contributed by atoms with van der Waals surface area (Å²) in [7, 11) is 0. The molecule has 1 atom stereocenters. The van der Waals surface area contributed by atoms with Crippen molar-refractivity contribution in [1.29, 1.82) is 0 Å². The van der Waals surface area contributed by atoms with Gasteiger partial charge in [-0.1, -0.05) is 6.92 Å². The molecule has 1 N–H and O–H groups in total. The molecule has 0 spiro atoms.